The second-order valence-corrected chi connectivity index (χ2v) is 6.88. The topological polar surface area (TPSA) is 97.1 Å². The van der Waals surface area contributed by atoms with Crippen LogP contribution in [0.4, 0.5) is 5.69 Å². The fourth-order valence-corrected chi connectivity index (χ4v) is 3.10. The van der Waals surface area contributed by atoms with E-state index >= 15 is 0 Å². The molecule has 0 aromatic heterocycles. The number of nitrogens with zero attached hydrogens (tertiary/aromatic N) is 1. The van der Waals surface area contributed by atoms with Gasteiger partial charge in [-0.05, 0) is 54.1 Å². The van der Waals surface area contributed by atoms with Gasteiger partial charge in [0.25, 0.3) is 5.69 Å². The van der Waals surface area contributed by atoms with Gasteiger partial charge in [-0.1, -0.05) is 12.1 Å². The molecule has 3 aromatic rings. The number of nitro groups is 1. The Morgan fingerprint density at radius 2 is 1.55 bits per heavy atom. The lowest BCUT2D eigenvalue weighted by molar-refractivity contribution is -0.384. The third-order valence-electron chi connectivity index (χ3n) is 4.84. The van der Waals surface area contributed by atoms with Gasteiger partial charge in [0.15, 0.2) is 17.3 Å². The first-order valence-electron chi connectivity index (χ1n) is 9.93. The minimum atomic E-state index is -0.466. The molecule has 0 aliphatic heterocycles. The molecule has 0 bridgehead atoms. The molecule has 170 valence electrons. The van der Waals surface area contributed by atoms with Gasteiger partial charge in [0.1, 0.15) is 18.1 Å². The van der Waals surface area contributed by atoms with E-state index in [1.165, 1.54) is 44.6 Å². The maximum Gasteiger partial charge on any atom is 0.269 e. The van der Waals surface area contributed by atoms with Crippen LogP contribution < -0.4 is 18.9 Å². The van der Waals surface area contributed by atoms with Crippen molar-refractivity contribution in [3.63, 3.8) is 0 Å². The number of ether oxygens (including phenoxy) is 4. The molecule has 3 rings (SSSR count). The number of benzene rings is 3. The molecule has 8 nitrogen and oxygen atoms in total. The highest BCUT2D eigenvalue weighted by atomic mass is 16.6. The fourth-order valence-electron chi connectivity index (χ4n) is 3.10. The standard InChI is InChI=1S/C25H23NO7/c1-30-23-12-5-17(4-11-22(27)18-6-13-24(31-2)25(15-18)32-3)14-19(23)16-33-21-9-7-20(8-10-21)26(28)29/h4-15H,16H2,1-3H3/b11-4+. The predicted molar refractivity (Wildman–Crippen MR) is 123 cm³/mol. The van der Waals surface area contributed by atoms with Gasteiger partial charge in [-0.25, -0.2) is 0 Å². The number of methoxy groups -OCH3 is 3. The van der Waals surface area contributed by atoms with Gasteiger partial charge in [0.2, 0.25) is 0 Å². The van der Waals surface area contributed by atoms with Crippen LogP contribution >= 0.6 is 0 Å². The van der Waals surface area contributed by atoms with E-state index in [1.807, 2.05) is 12.1 Å². The Bertz CT molecular complexity index is 1170. The van der Waals surface area contributed by atoms with Crippen molar-refractivity contribution in [3.8, 4) is 23.0 Å². The number of ketones is 1. The zero-order valence-electron chi connectivity index (χ0n) is 18.4. The average molecular weight is 449 g/mol. The normalized spacial score (nSPS) is 10.6. The highest BCUT2D eigenvalue weighted by Crippen LogP contribution is 2.28. The minimum Gasteiger partial charge on any atom is -0.496 e. The second kappa shape index (κ2) is 10.8. The number of allylic oxidation sites excluding steroid dienone is 1. The zero-order valence-corrected chi connectivity index (χ0v) is 18.4. The van der Waals surface area contributed by atoms with E-state index in [0.717, 1.165) is 11.1 Å². The third kappa shape index (κ3) is 5.88. The number of rotatable bonds is 10. The molecular weight excluding hydrogens is 426 g/mol. The van der Waals surface area contributed by atoms with Crippen molar-refractivity contribution in [1.29, 1.82) is 0 Å². The molecule has 0 unspecified atom stereocenters. The Labute approximate surface area is 191 Å². The van der Waals surface area contributed by atoms with Crippen molar-refractivity contribution in [2.75, 3.05) is 21.3 Å². The molecule has 3 aromatic carbocycles. The van der Waals surface area contributed by atoms with Crippen molar-refractivity contribution in [1.82, 2.24) is 0 Å². The van der Waals surface area contributed by atoms with E-state index < -0.39 is 4.92 Å². The first-order chi connectivity index (χ1) is 15.9. The van der Waals surface area contributed by atoms with E-state index in [9.17, 15) is 14.9 Å². The Kier molecular flexibility index (Phi) is 7.64. The summed E-state index contributed by atoms with van der Waals surface area (Å²) in [5, 5.41) is 10.8. The van der Waals surface area contributed by atoms with E-state index in [0.29, 0.717) is 28.6 Å². The number of carbonyl (C=O) groups excluding carboxylic acids is 1. The molecule has 0 heterocycles. The Morgan fingerprint density at radius 3 is 2.18 bits per heavy atom. The molecule has 0 aliphatic rings. The molecule has 0 saturated carbocycles. The molecule has 0 saturated heterocycles. The predicted octanol–water partition coefficient (Wildman–Crippen LogP) is 5.10. The van der Waals surface area contributed by atoms with Crippen molar-refractivity contribution in [2.45, 2.75) is 6.61 Å². The number of non-ortho nitro benzene ring substituents is 1. The van der Waals surface area contributed by atoms with Crippen LogP contribution in [0.3, 0.4) is 0 Å². The number of nitro benzene ring substituents is 1. The van der Waals surface area contributed by atoms with Gasteiger partial charge >= 0.3 is 0 Å². The first-order valence-corrected chi connectivity index (χ1v) is 9.93. The molecule has 0 amide bonds. The summed E-state index contributed by atoms with van der Waals surface area (Å²) in [7, 11) is 4.60. The number of hydrogen-bond donors (Lipinski definition) is 0. The summed E-state index contributed by atoms with van der Waals surface area (Å²) in [4.78, 5) is 22.9. The Hall–Kier alpha value is -4.33. The molecular formula is C25H23NO7. The average Bonchev–Trinajstić information content (AvgIpc) is 2.85. The van der Waals surface area contributed by atoms with Crippen molar-refractivity contribution in [2.24, 2.45) is 0 Å². The first kappa shape index (κ1) is 23.3. The molecule has 0 radical (unpaired) electrons. The SMILES string of the molecule is COc1ccc(/C=C/C(=O)c2ccc(OC)c(OC)c2)cc1COc1ccc([N+](=O)[O-])cc1. The van der Waals surface area contributed by atoms with Crippen LogP contribution in [0.2, 0.25) is 0 Å². The smallest absolute Gasteiger partial charge is 0.269 e. The van der Waals surface area contributed by atoms with E-state index in [2.05, 4.69) is 0 Å². The van der Waals surface area contributed by atoms with Crippen LogP contribution in [0.25, 0.3) is 6.08 Å². The number of carbonyl (C=O) groups is 1. The summed E-state index contributed by atoms with van der Waals surface area (Å²) in [6.07, 6.45) is 3.18. The summed E-state index contributed by atoms with van der Waals surface area (Å²) >= 11 is 0. The van der Waals surface area contributed by atoms with E-state index in [4.69, 9.17) is 18.9 Å². The third-order valence-corrected chi connectivity index (χ3v) is 4.84. The molecule has 0 N–H and O–H groups in total. The quantitative estimate of drug-likeness (QED) is 0.184. The fraction of sp³-hybridized carbons (Fsp3) is 0.160. The summed E-state index contributed by atoms with van der Waals surface area (Å²) in [6, 6.07) is 16.3. The summed E-state index contributed by atoms with van der Waals surface area (Å²) < 4.78 is 21.6. The Morgan fingerprint density at radius 1 is 0.879 bits per heavy atom. The van der Waals surface area contributed by atoms with Crippen molar-refractivity contribution in [3.05, 3.63) is 93.5 Å². The minimum absolute atomic E-state index is 0.00814. The van der Waals surface area contributed by atoms with Gasteiger partial charge < -0.3 is 18.9 Å². The van der Waals surface area contributed by atoms with E-state index in [-0.39, 0.29) is 18.1 Å². The summed E-state index contributed by atoms with van der Waals surface area (Å²) in [6.45, 7) is 0.187. The van der Waals surface area contributed by atoms with Crippen LogP contribution in [-0.4, -0.2) is 32.0 Å². The van der Waals surface area contributed by atoms with Crippen molar-refractivity contribution >= 4 is 17.5 Å². The van der Waals surface area contributed by atoms with Crippen LogP contribution in [0.1, 0.15) is 21.5 Å². The lowest BCUT2D eigenvalue weighted by Crippen LogP contribution is -2.00. The maximum absolute atomic E-state index is 12.6. The summed E-state index contributed by atoms with van der Waals surface area (Å²) in [5.41, 5.74) is 2.01. The van der Waals surface area contributed by atoms with Crippen LogP contribution in [0.5, 0.6) is 23.0 Å². The Balaban J connectivity index is 1.73. The largest absolute Gasteiger partial charge is 0.496 e. The lowest BCUT2D eigenvalue weighted by Gasteiger charge is -2.11. The highest BCUT2D eigenvalue weighted by molar-refractivity contribution is 6.07. The summed E-state index contributed by atoms with van der Waals surface area (Å²) in [5.74, 6) is 1.96. The van der Waals surface area contributed by atoms with Gasteiger partial charge in [-0.3, -0.25) is 14.9 Å². The molecule has 0 aliphatic carbocycles. The lowest BCUT2D eigenvalue weighted by atomic mass is 10.1. The van der Waals surface area contributed by atoms with Gasteiger partial charge in [0.05, 0.1) is 26.3 Å². The molecule has 0 fully saturated rings. The molecule has 8 heteroatoms. The van der Waals surface area contributed by atoms with Crippen LogP contribution in [-0.2, 0) is 6.61 Å². The maximum atomic E-state index is 12.6. The van der Waals surface area contributed by atoms with Crippen LogP contribution in [0, 0.1) is 10.1 Å². The molecule has 0 atom stereocenters. The highest BCUT2D eigenvalue weighted by Gasteiger charge is 2.10. The van der Waals surface area contributed by atoms with Gasteiger partial charge in [-0.15, -0.1) is 0 Å². The second-order valence-electron chi connectivity index (χ2n) is 6.88. The molecule has 33 heavy (non-hydrogen) atoms. The van der Waals surface area contributed by atoms with E-state index in [1.54, 1.807) is 37.5 Å². The van der Waals surface area contributed by atoms with Crippen LogP contribution in [0.15, 0.2) is 66.7 Å². The molecule has 0 spiro atoms. The van der Waals surface area contributed by atoms with Gasteiger partial charge in [-0.2, -0.15) is 0 Å². The zero-order chi connectivity index (χ0) is 23.8. The van der Waals surface area contributed by atoms with Crippen molar-refractivity contribution < 1.29 is 28.7 Å². The van der Waals surface area contributed by atoms with Gasteiger partial charge in [0, 0.05) is 23.3 Å². The monoisotopic (exact) mass is 449 g/mol. The number of hydrogen-bond acceptors (Lipinski definition) is 7.